The van der Waals surface area contributed by atoms with Crippen molar-refractivity contribution in [2.75, 3.05) is 13.2 Å². The van der Waals surface area contributed by atoms with Crippen molar-refractivity contribution in [3.8, 4) is 0 Å². The molecule has 0 aromatic carbocycles. The first-order chi connectivity index (χ1) is 6.88. The summed E-state index contributed by atoms with van der Waals surface area (Å²) in [7, 11) is 0. The number of carbonyl (C=O) groups excluding carboxylic acids is 1. The van der Waals surface area contributed by atoms with Crippen molar-refractivity contribution in [3.05, 3.63) is 0 Å². The summed E-state index contributed by atoms with van der Waals surface area (Å²) < 4.78 is 10.7. The van der Waals surface area contributed by atoms with Crippen molar-refractivity contribution in [1.82, 2.24) is 5.32 Å². The second-order valence-corrected chi connectivity index (χ2v) is 4.94. The molecule has 4 nitrogen and oxygen atoms in total. The van der Waals surface area contributed by atoms with E-state index >= 15 is 0 Å². The number of carbonyl (C=O) groups is 1. The molecule has 1 aliphatic heterocycles. The molecule has 0 aromatic rings. The van der Waals surface area contributed by atoms with E-state index in [4.69, 9.17) is 9.47 Å². The van der Waals surface area contributed by atoms with Gasteiger partial charge in [-0.15, -0.1) is 0 Å². The van der Waals surface area contributed by atoms with E-state index < -0.39 is 0 Å². The standard InChI is InChI=1S/C11H21NO3/c1-8-9(5-6-14-8)12-10(13)7-15-11(2,3)4/h8-9H,5-7H2,1-4H3,(H,12,13). The molecule has 15 heavy (non-hydrogen) atoms. The highest BCUT2D eigenvalue weighted by Gasteiger charge is 2.25. The second kappa shape index (κ2) is 4.94. The van der Waals surface area contributed by atoms with Gasteiger partial charge in [0.05, 0.1) is 17.7 Å². The molecule has 0 saturated carbocycles. The van der Waals surface area contributed by atoms with Crippen LogP contribution in [0, 0.1) is 0 Å². The average Bonchev–Trinajstić information content (AvgIpc) is 2.47. The molecule has 0 radical (unpaired) electrons. The Kier molecular flexibility index (Phi) is 4.11. The molecule has 1 rings (SSSR count). The third kappa shape index (κ3) is 4.62. The Hall–Kier alpha value is -0.610. The zero-order valence-electron chi connectivity index (χ0n) is 10.0. The molecule has 1 aliphatic rings. The number of ether oxygens (including phenoxy) is 2. The number of hydrogen-bond acceptors (Lipinski definition) is 3. The van der Waals surface area contributed by atoms with Gasteiger partial charge in [-0.05, 0) is 34.1 Å². The maximum absolute atomic E-state index is 11.5. The summed E-state index contributed by atoms with van der Waals surface area (Å²) in [5, 5.41) is 2.91. The summed E-state index contributed by atoms with van der Waals surface area (Å²) in [4.78, 5) is 11.5. The first kappa shape index (κ1) is 12.5. The molecule has 0 aliphatic carbocycles. The largest absolute Gasteiger partial charge is 0.376 e. The molecule has 0 bridgehead atoms. The first-order valence-electron chi connectivity index (χ1n) is 5.43. The van der Waals surface area contributed by atoms with E-state index in [9.17, 15) is 4.79 Å². The summed E-state index contributed by atoms with van der Waals surface area (Å²) >= 11 is 0. The number of hydrogen-bond donors (Lipinski definition) is 1. The van der Waals surface area contributed by atoms with Gasteiger partial charge < -0.3 is 14.8 Å². The van der Waals surface area contributed by atoms with Crippen molar-refractivity contribution >= 4 is 5.91 Å². The lowest BCUT2D eigenvalue weighted by Crippen LogP contribution is -2.42. The average molecular weight is 215 g/mol. The van der Waals surface area contributed by atoms with Crippen LogP contribution in [0.2, 0.25) is 0 Å². The Morgan fingerprint density at radius 1 is 1.53 bits per heavy atom. The lowest BCUT2D eigenvalue weighted by molar-refractivity contribution is -0.131. The van der Waals surface area contributed by atoms with Gasteiger partial charge >= 0.3 is 0 Å². The molecule has 1 fully saturated rings. The van der Waals surface area contributed by atoms with Gasteiger partial charge in [-0.3, -0.25) is 4.79 Å². The summed E-state index contributed by atoms with van der Waals surface area (Å²) in [5.74, 6) is -0.0627. The van der Waals surface area contributed by atoms with Crippen LogP contribution in [-0.4, -0.2) is 36.9 Å². The molecule has 4 heteroatoms. The summed E-state index contributed by atoms with van der Waals surface area (Å²) in [6.45, 7) is 8.62. The monoisotopic (exact) mass is 215 g/mol. The molecule has 2 atom stereocenters. The van der Waals surface area contributed by atoms with Crippen LogP contribution in [0.4, 0.5) is 0 Å². The smallest absolute Gasteiger partial charge is 0.246 e. The molecule has 1 amide bonds. The molecule has 1 N–H and O–H groups in total. The highest BCUT2D eigenvalue weighted by molar-refractivity contribution is 5.77. The molecule has 0 spiro atoms. The summed E-state index contributed by atoms with van der Waals surface area (Å²) in [6, 6.07) is 0.140. The van der Waals surface area contributed by atoms with Gasteiger partial charge in [0.15, 0.2) is 0 Å². The van der Waals surface area contributed by atoms with Crippen LogP contribution < -0.4 is 5.32 Å². The summed E-state index contributed by atoms with van der Waals surface area (Å²) in [6.07, 6.45) is 1.01. The predicted molar refractivity (Wildman–Crippen MR) is 57.7 cm³/mol. The highest BCUT2D eigenvalue weighted by atomic mass is 16.5. The zero-order chi connectivity index (χ0) is 11.5. The lowest BCUT2D eigenvalue weighted by Gasteiger charge is -2.21. The topological polar surface area (TPSA) is 47.6 Å². The number of amides is 1. The van der Waals surface area contributed by atoms with Crippen molar-refractivity contribution < 1.29 is 14.3 Å². The van der Waals surface area contributed by atoms with E-state index in [1.165, 1.54) is 0 Å². The maximum Gasteiger partial charge on any atom is 0.246 e. The van der Waals surface area contributed by atoms with Crippen LogP contribution in [0.3, 0.4) is 0 Å². The van der Waals surface area contributed by atoms with Gasteiger partial charge in [-0.2, -0.15) is 0 Å². The van der Waals surface area contributed by atoms with Crippen LogP contribution in [0.5, 0.6) is 0 Å². The first-order valence-corrected chi connectivity index (χ1v) is 5.43. The van der Waals surface area contributed by atoms with Crippen LogP contribution in [0.25, 0.3) is 0 Å². The van der Waals surface area contributed by atoms with Crippen LogP contribution in [0.1, 0.15) is 34.1 Å². The zero-order valence-corrected chi connectivity index (χ0v) is 10.0. The van der Waals surface area contributed by atoms with Gasteiger partial charge in [-0.25, -0.2) is 0 Å². The van der Waals surface area contributed by atoms with Crippen molar-refractivity contribution in [2.24, 2.45) is 0 Å². The maximum atomic E-state index is 11.5. The molecule has 0 aromatic heterocycles. The Morgan fingerprint density at radius 3 is 2.67 bits per heavy atom. The third-order valence-electron chi connectivity index (χ3n) is 2.36. The highest BCUT2D eigenvalue weighted by Crippen LogP contribution is 2.12. The normalized spacial score (nSPS) is 26.7. The Balaban J connectivity index is 2.24. The van der Waals surface area contributed by atoms with E-state index in [2.05, 4.69) is 5.32 Å². The van der Waals surface area contributed by atoms with Gasteiger partial charge in [0, 0.05) is 6.61 Å². The van der Waals surface area contributed by atoms with E-state index in [1.807, 2.05) is 27.7 Å². The van der Waals surface area contributed by atoms with E-state index in [1.54, 1.807) is 0 Å². The molecular weight excluding hydrogens is 194 g/mol. The molecule has 1 saturated heterocycles. The summed E-state index contributed by atoms with van der Waals surface area (Å²) in [5.41, 5.74) is -0.269. The molecular formula is C11H21NO3. The minimum Gasteiger partial charge on any atom is -0.376 e. The number of rotatable bonds is 3. The van der Waals surface area contributed by atoms with Gasteiger partial charge in [0.25, 0.3) is 0 Å². The van der Waals surface area contributed by atoms with Crippen molar-refractivity contribution in [2.45, 2.75) is 51.9 Å². The Bertz CT molecular complexity index is 222. The second-order valence-electron chi connectivity index (χ2n) is 4.94. The van der Waals surface area contributed by atoms with Crippen molar-refractivity contribution in [3.63, 3.8) is 0 Å². The fourth-order valence-corrected chi connectivity index (χ4v) is 1.45. The fourth-order valence-electron chi connectivity index (χ4n) is 1.45. The SMILES string of the molecule is CC1OCCC1NC(=O)COC(C)(C)C. The van der Waals surface area contributed by atoms with Gasteiger partial charge in [0.1, 0.15) is 6.61 Å². The molecule has 1 heterocycles. The fraction of sp³-hybridized carbons (Fsp3) is 0.909. The van der Waals surface area contributed by atoms with Crippen molar-refractivity contribution in [1.29, 1.82) is 0 Å². The Labute approximate surface area is 91.3 Å². The van der Waals surface area contributed by atoms with Crippen LogP contribution in [-0.2, 0) is 14.3 Å². The van der Waals surface area contributed by atoms with Crippen LogP contribution in [0.15, 0.2) is 0 Å². The lowest BCUT2D eigenvalue weighted by atomic mass is 10.1. The van der Waals surface area contributed by atoms with Crippen LogP contribution >= 0.6 is 0 Å². The molecule has 88 valence electrons. The predicted octanol–water partition coefficient (Wildman–Crippen LogP) is 1.10. The van der Waals surface area contributed by atoms with E-state index in [0.717, 1.165) is 13.0 Å². The third-order valence-corrected chi connectivity index (χ3v) is 2.36. The number of nitrogens with one attached hydrogen (secondary N) is 1. The van der Waals surface area contributed by atoms with E-state index in [-0.39, 0.29) is 30.3 Å². The Morgan fingerprint density at radius 2 is 2.20 bits per heavy atom. The van der Waals surface area contributed by atoms with Gasteiger partial charge in [0.2, 0.25) is 5.91 Å². The minimum atomic E-state index is -0.269. The minimum absolute atomic E-state index is 0.0627. The quantitative estimate of drug-likeness (QED) is 0.766. The molecule has 2 unspecified atom stereocenters. The van der Waals surface area contributed by atoms with Gasteiger partial charge in [-0.1, -0.05) is 0 Å². The van der Waals surface area contributed by atoms with E-state index in [0.29, 0.717) is 0 Å².